The second-order valence-corrected chi connectivity index (χ2v) is 8.35. The van der Waals surface area contributed by atoms with Crippen molar-refractivity contribution in [3.8, 4) is 0 Å². The van der Waals surface area contributed by atoms with Crippen molar-refractivity contribution in [1.82, 2.24) is 24.5 Å². The van der Waals surface area contributed by atoms with Crippen molar-refractivity contribution in [2.45, 2.75) is 13.1 Å². The highest BCUT2D eigenvalue weighted by Crippen LogP contribution is 2.27. The van der Waals surface area contributed by atoms with E-state index in [1.807, 2.05) is 48.7 Å². The first-order valence-electron chi connectivity index (χ1n) is 9.57. The first kappa shape index (κ1) is 22.3. The lowest BCUT2D eigenvalue weighted by Gasteiger charge is -2.14. The Balaban J connectivity index is 1.54. The van der Waals surface area contributed by atoms with E-state index in [0.29, 0.717) is 28.5 Å². The van der Waals surface area contributed by atoms with Gasteiger partial charge in [0.15, 0.2) is 0 Å². The number of halogens is 1. The summed E-state index contributed by atoms with van der Waals surface area (Å²) in [5.74, 6) is 0.896. The van der Waals surface area contributed by atoms with E-state index in [9.17, 15) is 8.76 Å². The molecule has 0 aliphatic heterocycles. The highest BCUT2D eigenvalue weighted by molar-refractivity contribution is 9.10. The predicted molar refractivity (Wildman–Crippen MR) is 125 cm³/mol. The normalized spacial score (nSPS) is 12.1. The van der Waals surface area contributed by atoms with E-state index in [1.165, 1.54) is 0 Å². The van der Waals surface area contributed by atoms with Gasteiger partial charge >= 0.3 is 0 Å². The second kappa shape index (κ2) is 10.1. The molecule has 0 saturated carbocycles. The van der Waals surface area contributed by atoms with Gasteiger partial charge in [0.1, 0.15) is 5.82 Å². The van der Waals surface area contributed by atoms with E-state index in [2.05, 4.69) is 46.4 Å². The fourth-order valence-electron chi connectivity index (χ4n) is 3.07. The second-order valence-electron chi connectivity index (χ2n) is 6.74. The molecule has 12 heteroatoms. The largest absolute Gasteiger partial charge is 0.760 e. The quantitative estimate of drug-likeness (QED) is 0.249. The number of rotatable bonds is 9. The van der Waals surface area contributed by atoms with Crippen molar-refractivity contribution < 1.29 is 13.9 Å². The molecule has 1 atom stereocenters. The lowest BCUT2D eigenvalue weighted by Crippen LogP contribution is -2.16. The number of nitrogens with zero attached hydrogens (tertiary/aromatic N) is 4. The lowest BCUT2D eigenvalue weighted by molar-refractivity contribution is 0.270. The molecule has 0 amide bonds. The zero-order valence-corrected chi connectivity index (χ0v) is 19.1. The van der Waals surface area contributed by atoms with Gasteiger partial charge in [-0.3, -0.25) is 8.89 Å². The van der Waals surface area contributed by atoms with Crippen LogP contribution in [0.15, 0.2) is 59.3 Å². The minimum absolute atomic E-state index is 0.0234. The van der Waals surface area contributed by atoms with Gasteiger partial charge in [0.25, 0.3) is 0 Å². The first-order chi connectivity index (χ1) is 15.5. The Labute approximate surface area is 194 Å². The number of fused-ring (bicyclic) bond motifs is 1. The highest BCUT2D eigenvalue weighted by Gasteiger charge is 2.10. The van der Waals surface area contributed by atoms with Crippen molar-refractivity contribution in [3.05, 3.63) is 64.9 Å². The van der Waals surface area contributed by atoms with Crippen LogP contribution in [0, 0.1) is 0 Å². The van der Waals surface area contributed by atoms with Crippen LogP contribution in [0.5, 0.6) is 0 Å². The van der Waals surface area contributed by atoms with Gasteiger partial charge in [-0.1, -0.05) is 18.2 Å². The van der Waals surface area contributed by atoms with Crippen molar-refractivity contribution in [2.24, 2.45) is 0 Å². The highest BCUT2D eigenvalue weighted by atomic mass is 79.9. The van der Waals surface area contributed by atoms with E-state index in [4.69, 9.17) is 5.11 Å². The van der Waals surface area contributed by atoms with Crippen molar-refractivity contribution in [3.63, 3.8) is 0 Å². The maximum atomic E-state index is 10.8. The number of hydrogen-bond acceptors (Lipinski definition) is 8. The molecule has 32 heavy (non-hydrogen) atoms. The molecule has 0 bridgehead atoms. The summed E-state index contributed by atoms with van der Waals surface area (Å²) in [6.07, 6.45) is 3.50. The van der Waals surface area contributed by atoms with Crippen molar-refractivity contribution in [2.75, 3.05) is 17.2 Å². The number of aliphatic hydroxyl groups excluding tert-OH is 1. The van der Waals surface area contributed by atoms with E-state index < -0.39 is 11.3 Å². The predicted octanol–water partition coefficient (Wildman–Crippen LogP) is 2.95. The number of anilines is 4. The monoisotopic (exact) mass is 516 g/mol. The minimum atomic E-state index is -2.35. The van der Waals surface area contributed by atoms with Gasteiger partial charge in [0.2, 0.25) is 5.95 Å². The van der Waals surface area contributed by atoms with Crippen molar-refractivity contribution >= 4 is 61.2 Å². The number of para-hydroxylation sites is 1. The van der Waals surface area contributed by atoms with Gasteiger partial charge in [-0.05, 0) is 45.8 Å². The minimum Gasteiger partial charge on any atom is -0.760 e. The van der Waals surface area contributed by atoms with Crippen LogP contribution in [-0.2, 0) is 24.4 Å². The molecule has 1 unspecified atom stereocenters. The third kappa shape index (κ3) is 5.47. The van der Waals surface area contributed by atoms with Crippen LogP contribution in [0.25, 0.3) is 10.9 Å². The Morgan fingerprint density at radius 1 is 1.19 bits per heavy atom. The summed E-state index contributed by atoms with van der Waals surface area (Å²) in [5.41, 5.74) is 3.03. The van der Waals surface area contributed by atoms with Crippen LogP contribution in [0.1, 0.15) is 5.56 Å². The van der Waals surface area contributed by atoms with Crippen LogP contribution >= 0.6 is 15.9 Å². The van der Waals surface area contributed by atoms with E-state index in [1.54, 1.807) is 10.9 Å². The average Bonchev–Trinajstić information content (AvgIpc) is 3.17. The van der Waals surface area contributed by atoms with Crippen LogP contribution in [0.2, 0.25) is 0 Å². The Morgan fingerprint density at radius 3 is 2.84 bits per heavy atom. The molecule has 0 radical (unpaired) electrons. The number of nitrogens with one attached hydrogen (secondary N) is 3. The van der Waals surface area contributed by atoms with Gasteiger partial charge in [0, 0.05) is 47.0 Å². The molecule has 2 aromatic heterocycles. The molecule has 2 heterocycles. The molecular weight excluding hydrogens is 498 g/mol. The molecule has 2 aromatic carbocycles. The Kier molecular flexibility index (Phi) is 7.07. The molecule has 4 rings (SSSR count). The average molecular weight is 517 g/mol. The Bertz CT molecular complexity index is 1270. The van der Waals surface area contributed by atoms with E-state index in [0.717, 1.165) is 22.2 Å². The zero-order chi connectivity index (χ0) is 22.5. The maximum absolute atomic E-state index is 10.8. The summed E-state index contributed by atoms with van der Waals surface area (Å²) in [4.78, 5) is 8.84. The van der Waals surface area contributed by atoms with Gasteiger partial charge in [-0.25, -0.2) is 9.71 Å². The summed E-state index contributed by atoms with van der Waals surface area (Å²) in [5, 5.41) is 20.9. The number of hydrogen-bond donors (Lipinski definition) is 4. The molecule has 0 saturated heterocycles. The third-order valence-corrected chi connectivity index (χ3v) is 5.50. The molecule has 166 valence electrons. The van der Waals surface area contributed by atoms with Gasteiger partial charge < -0.3 is 20.3 Å². The third-order valence-electron chi connectivity index (χ3n) is 4.53. The molecular formula is C20H19BrN7O3S-. The lowest BCUT2D eigenvalue weighted by atomic mass is 10.2. The maximum Gasteiger partial charge on any atom is 0.229 e. The summed E-state index contributed by atoms with van der Waals surface area (Å²) in [6.45, 7) is 0.607. The fourth-order valence-corrected chi connectivity index (χ4v) is 3.63. The molecule has 0 aliphatic carbocycles. The molecule has 4 aromatic rings. The SMILES string of the molecule is O=S([O-])NCc1ccccc1Nc1nc(Nc2ccc3cn(CCO)nc3c2)ncc1Br. The summed E-state index contributed by atoms with van der Waals surface area (Å²) in [7, 11) is 0. The number of aromatic nitrogens is 4. The van der Waals surface area contributed by atoms with Crippen LogP contribution in [-0.4, -0.2) is 40.2 Å². The van der Waals surface area contributed by atoms with Gasteiger partial charge in [0.05, 0.1) is 23.1 Å². The Morgan fingerprint density at radius 2 is 2.03 bits per heavy atom. The Hall–Kier alpha value is -2.90. The number of aliphatic hydroxyl groups is 1. The van der Waals surface area contributed by atoms with Gasteiger partial charge in [-0.15, -0.1) is 0 Å². The molecule has 0 fully saturated rings. The zero-order valence-electron chi connectivity index (χ0n) is 16.7. The van der Waals surface area contributed by atoms with Crippen molar-refractivity contribution in [1.29, 1.82) is 0 Å². The van der Waals surface area contributed by atoms with Crippen LogP contribution < -0.4 is 15.4 Å². The topological polar surface area (TPSA) is 140 Å². The summed E-state index contributed by atoms with van der Waals surface area (Å²) < 4.78 is 26.4. The van der Waals surface area contributed by atoms with Crippen LogP contribution in [0.4, 0.5) is 23.1 Å². The standard InChI is InChI=1S/C20H20BrN7O3S/c21-16-11-22-20(24-15-6-5-14-12-28(7-8-29)27-18(14)9-15)26-19(16)25-17-4-2-1-3-13(17)10-23-32(30)31/h1-6,9,11-12,23,29H,7-8,10H2,(H,30,31)(H2,22,24,25,26)/p-1. The fraction of sp³-hybridized carbons (Fsp3) is 0.150. The number of benzene rings is 2. The van der Waals surface area contributed by atoms with E-state index in [-0.39, 0.29) is 13.2 Å². The summed E-state index contributed by atoms with van der Waals surface area (Å²) >= 11 is 1.09. The summed E-state index contributed by atoms with van der Waals surface area (Å²) in [6, 6.07) is 13.0. The van der Waals surface area contributed by atoms with E-state index >= 15 is 0 Å². The molecule has 0 spiro atoms. The molecule has 4 N–H and O–H groups in total. The molecule has 0 aliphatic rings. The first-order valence-corrected chi connectivity index (χ1v) is 11.4. The molecule has 10 nitrogen and oxygen atoms in total. The smallest absolute Gasteiger partial charge is 0.229 e. The van der Waals surface area contributed by atoms with Crippen LogP contribution in [0.3, 0.4) is 0 Å². The van der Waals surface area contributed by atoms with Gasteiger partial charge in [-0.2, -0.15) is 10.1 Å².